The molecule has 1 unspecified atom stereocenters. The van der Waals surface area contributed by atoms with Crippen molar-refractivity contribution in [1.82, 2.24) is 5.32 Å². The van der Waals surface area contributed by atoms with Crippen molar-refractivity contribution in [2.24, 2.45) is 17.6 Å². The third-order valence-electron chi connectivity index (χ3n) is 3.05. The van der Waals surface area contributed by atoms with E-state index in [0.717, 1.165) is 18.4 Å². The SMILES string of the molecule is NC(C1CC1)[C@@H]1CCCNC1. The van der Waals surface area contributed by atoms with Gasteiger partial charge < -0.3 is 11.1 Å². The van der Waals surface area contributed by atoms with Gasteiger partial charge in [0, 0.05) is 6.04 Å². The molecule has 64 valence electrons. The molecule has 2 rings (SSSR count). The molecule has 1 saturated carbocycles. The van der Waals surface area contributed by atoms with Gasteiger partial charge in [-0.3, -0.25) is 0 Å². The molecule has 11 heavy (non-hydrogen) atoms. The van der Waals surface area contributed by atoms with Crippen LogP contribution in [0.5, 0.6) is 0 Å². The second kappa shape index (κ2) is 3.11. The lowest BCUT2D eigenvalue weighted by atomic mass is 9.89. The first-order valence-electron chi connectivity index (χ1n) is 4.84. The summed E-state index contributed by atoms with van der Waals surface area (Å²) in [6.45, 7) is 2.37. The smallest absolute Gasteiger partial charge is 0.0108 e. The van der Waals surface area contributed by atoms with Crippen LogP contribution < -0.4 is 11.1 Å². The third-order valence-corrected chi connectivity index (χ3v) is 3.05. The predicted molar refractivity (Wildman–Crippen MR) is 46.3 cm³/mol. The lowest BCUT2D eigenvalue weighted by Gasteiger charge is -2.28. The van der Waals surface area contributed by atoms with Gasteiger partial charge in [-0.05, 0) is 50.6 Å². The Morgan fingerprint density at radius 1 is 1.18 bits per heavy atom. The Kier molecular flexibility index (Phi) is 2.14. The van der Waals surface area contributed by atoms with Crippen molar-refractivity contribution in [1.29, 1.82) is 0 Å². The van der Waals surface area contributed by atoms with Crippen molar-refractivity contribution in [2.45, 2.75) is 31.7 Å². The molecular formula is C9H18N2. The van der Waals surface area contributed by atoms with Gasteiger partial charge in [-0.1, -0.05) is 0 Å². The monoisotopic (exact) mass is 154 g/mol. The molecule has 0 amide bonds. The second-order valence-corrected chi connectivity index (χ2v) is 4.02. The molecular weight excluding hydrogens is 136 g/mol. The minimum atomic E-state index is 0.503. The van der Waals surface area contributed by atoms with E-state index in [1.54, 1.807) is 0 Å². The van der Waals surface area contributed by atoms with Gasteiger partial charge in [-0.15, -0.1) is 0 Å². The molecule has 0 aromatic heterocycles. The Labute approximate surface area is 68.5 Å². The van der Waals surface area contributed by atoms with Crippen LogP contribution >= 0.6 is 0 Å². The van der Waals surface area contributed by atoms with E-state index >= 15 is 0 Å². The topological polar surface area (TPSA) is 38.0 Å². The summed E-state index contributed by atoms with van der Waals surface area (Å²) in [6, 6.07) is 0.503. The highest BCUT2D eigenvalue weighted by Crippen LogP contribution is 2.35. The highest BCUT2D eigenvalue weighted by atomic mass is 14.9. The van der Waals surface area contributed by atoms with Crippen molar-refractivity contribution < 1.29 is 0 Å². The largest absolute Gasteiger partial charge is 0.327 e. The molecule has 0 aromatic carbocycles. The zero-order valence-electron chi connectivity index (χ0n) is 7.05. The van der Waals surface area contributed by atoms with E-state index in [-0.39, 0.29) is 0 Å². The lowest BCUT2D eigenvalue weighted by Crippen LogP contribution is -2.42. The van der Waals surface area contributed by atoms with E-state index < -0.39 is 0 Å². The van der Waals surface area contributed by atoms with Crippen LogP contribution in [-0.4, -0.2) is 19.1 Å². The fourth-order valence-corrected chi connectivity index (χ4v) is 2.07. The first-order chi connectivity index (χ1) is 5.38. The number of piperidine rings is 1. The van der Waals surface area contributed by atoms with Gasteiger partial charge in [0.25, 0.3) is 0 Å². The summed E-state index contributed by atoms with van der Waals surface area (Å²) < 4.78 is 0. The molecule has 1 aliphatic carbocycles. The minimum absolute atomic E-state index is 0.503. The maximum atomic E-state index is 6.11. The third kappa shape index (κ3) is 1.74. The molecule has 0 aromatic rings. The van der Waals surface area contributed by atoms with Crippen molar-refractivity contribution in [2.75, 3.05) is 13.1 Å². The van der Waals surface area contributed by atoms with Crippen LogP contribution in [-0.2, 0) is 0 Å². The zero-order chi connectivity index (χ0) is 7.68. The van der Waals surface area contributed by atoms with Crippen LogP contribution in [0.15, 0.2) is 0 Å². The zero-order valence-corrected chi connectivity index (χ0v) is 7.05. The van der Waals surface area contributed by atoms with E-state index in [1.165, 1.54) is 32.2 Å². The van der Waals surface area contributed by atoms with Gasteiger partial charge in [0.15, 0.2) is 0 Å². The van der Waals surface area contributed by atoms with Crippen molar-refractivity contribution >= 4 is 0 Å². The first kappa shape index (κ1) is 7.56. The Hall–Kier alpha value is -0.0800. The molecule has 2 nitrogen and oxygen atoms in total. The van der Waals surface area contributed by atoms with E-state index in [0.29, 0.717) is 6.04 Å². The Bertz CT molecular complexity index is 126. The van der Waals surface area contributed by atoms with E-state index in [1.807, 2.05) is 0 Å². The number of nitrogens with two attached hydrogens (primary N) is 1. The highest BCUT2D eigenvalue weighted by Gasteiger charge is 2.34. The number of hydrogen-bond acceptors (Lipinski definition) is 2. The molecule has 1 saturated heterocycles. The number of hydrogen-bond donors (Lipinski definition) is 2. The fourth-order valence-electron chi connectivity index (χ4n) is 2.07. The summed E-state index contributed by atoms with van der Waals surface area (Å²) in [6.07, 6.45) is 5.45. The molecule has 0 spiro atoms. The van der Waals surface area contributed by atoms with E-state index in [2.05, 4.69) is 5.32 Å². The predicted octanol–water partition coefficient (Wildman–Crippen LogP) is 0.723. The molecule has 1 aliphatic heterocycles. The molecule has 1 heterocycles. The fraction of sp³-hybridized carbons (Fsp3) is 1.00. The summed E-state index contributed by atoms with van der Waals surface area (Å²) in [4.78, 5) is 0. The van der Waals surface area contributed by atoms with Gasteiger partial charge in [0.2, 0.25) is 0 Å². The number of nitrogens with one attached hydrogen (secondary N) is 1. The Morgan fingerprint density at radius 3 is 2.55 bits per heavy atom. The lowest BCUT2D eigenvalue weighted by molar-refractivity contribution is 0.302. The van der Waals surface area contributed by atoms with Crippen LogP contribution in [0.1, 0.15) is 25.7 Å². The van der Waals surface area contributed by atoms with Gasteiger partial charge in [0.1, 0.15) is 0 Å². The highest BCUT2D eigenvalue weighted by molar-refractivity contribution is 4.90. The minimum Gasteiger partial charge on any atom is -0.327 e. The maximum absolute atomic E-state index is 6.11. The summed E-state index contributed by atoms with van der Waals surface area (Å²) in [5, 5.41) is 3.42. The van der Waals surface area contributed by atoms with E-state index in [9.17, 15) is 0 Å². The Balaban J connectivity index is 1.81. The molecule has 2 aliphatic rings. The molecule has 0 bridgehead atoms. The van der Waals surface area contributed by atoms with Gasteiger partial charge in [0.05, 0.1) is 0 Å². The normalized spacial score (nSPS) is 35.2. The van der Waals surface area contributed by atoms with Crippen LogP contribution in [0.2, 0.25) is 0 Å². The summed E-state index contributed by atoms with van der Waals surface area (Å²) in [7, 11) is 0. The molecule has 3 N–H and O–H groups in total. The average Bonchev–Trinajstić information content (AvgIpc) is 2.87. The van der Waals surface area contributed by atoms with Crippen LogP contribution in [0.4, 0.5) is 0 Å². The van der Waals surface area contributed by atoms with Crippen molar-refractivity contribution in [3.8, 4) is 0 Å². The first-order valence-corrected chi connectivity index (χ1v) is 4.84. The summed E-state index contributed by atoms with van der Waals surface area (Å²) >= 11 is 0. The Morgan fingerprint density at radius 2 is 2.00 bits per heavy atom. The van der Waals surface area contributed by atoms with Gasteiger partial charge >= 0.3 is 0 Å². The second-order valence-electron chi connectivity index (χ2n) is 4.02. The summed E-state index contributed by atoms with van der Waals surface area (Å²) in [5.74, 6) is 1.65. The molecule has 2 heteroatoms. The maximum Gasteiger partial charge on any atom is 0.0108 e. The standard InChI is InChI=1S/C9H18N2/c10-9(7-3-4-7)8-2-1-5-11-6-8/h7-9,11H,1-6,10H2/t8-,9?/m1/s1. The average molecular weight is 154 g/mol. The molecule has 0 radical (unpaired) electrons. The van der Waals surface area contributed by atoms with Crippen LogP contribution in [0.3, 0.4) is 0 Å². The summed E-state index contributed by atoms with van der Waals surface area (Å²) in [5.41, 5.74) is 6.11. The van der Waals surface area contributed by atoms with Crippen molar-refractivity contribution in [3.63, 3.8) is 0 Å². The van der Waals surface area contributed by atoms with Crippen LogP contribution in [0, 0.1) is 11.8 Å². The van der Waals surface area contributed by atoms with Gasteiger partial charge in [-0.2, -0.15) is 0 Å². The van der Waals surface area contributed by atoms with E-state index in [4.69, 9.17) is 5.73 Å². The molecule has 2 atom stereocenters. The quantitative estimate of drug-likeness (QED) is 0.615. The number of rotatable bonds is 2. The van der Waals surface area contributed by atoms with Crippen LogP contribution in [0.25, 0.3) is 0 Å². The van der Waals surface area contributed by atoms with Crippen molar-refractivity contribution in [3.05, 3.63) is 0 Å². The molecule has 2 fully saturated rings. The van der Waals surface area contributed by atoms with Gasteiger partial charge in [-0.25, -0.2) is 0 Å².